The summed E-state index contributed by atoms with van der Waals surface area (Å²) in [7, 11) is 1.31. The molecule has 3 aromatic rings. The first-order chi connectivity index (χ1) is 19.4. The molecule has 1 amide bonds. The molecule has 2 atom stereocenters. The van der Waals surface area contributed by atoms with E-state index in [0.29, 0.717) is 0 Å². The minimum Gasteiger partial charge on any atom is -0.493 e. The van der Waals surface area contributed by atoms with E-state index in [-0.39, 0.29) is 28.3 Å². The molecule has 0 aliphatic heterocycles. The van der Waals surface area contributed by atoms with Gasteiger partial charge in [-0.05, 0) is 49.2 Å². The number of methoxy groups -OCH3 is 1. The van der Waals surface area contributed by atoms with Gasteiger partial charge in [0.05, 0.1) is 7.11 Å². The molecule has 0 bridgehead atoms. The fraction of sp³-hybridized carbons (Fsp3) is 0.286. The number of hydrogen-bond acceptors (Lipinski definition) is 8. The van der Waals surface area contributed by atoms with Crippen LogP contribution in [0.4, 0.5) is 17.6 Å². The van der Waals surface area contributed by atoms with Crippen LogP contribution in [-0.2, 0) is 19.1 Å². The first-order valence-corrected chi connectivity index (χ1v) is 12.1. The van der Waals surface area contributed by atoms with Gasteiger partial charge in [0, 0.05) is 25.1 Å². The van der Waals surface area contributed by atoms with Crippen LogP contribution in [0.2, 0.25) is 0 Å². The molecule has 0 aliphatic rings. The molecule has 1 aromatic heterocycles. The average molecular weight is 579 g/mol. The van der Waals surface area contributed by atoms with E-state index in [1.54, 1.807) is 0 Å². The van der Waals surface area contributed by atoms with Crippen LogP contribution >= 0.6 is 0 Å². The van der Waals surface area contributed by atoms with E-state index in [0.717, 1.165) is 31.2 Å². The van der Waals surface area contributed by atoms with Crippen molar-refractivity contribution in [2.75, 3.05) is 13.9 Å². The van der Waals surface area contributed by atoms with Crippen LogP contribution in [0, 0.1) is 23.3 Å². The van der Waals surface area contributed by atoms with Gasteiger partial charge in [0.25, 0.3) is 5.91 Å². The van der Waals surface area contributed by atoms with Crippen LogP contribution in [-0.4, -0.2) is 48.9 Å². The van der Waals surface area contributed by atoms with Gasteiger partial charge in [-0.15, -0.1) is 0 Å². The Bertz CT molecular complexity index is 1390. The highest BCUT2D eigenvalue weighted by Crippen LogP contribution is 2.32. The summed E-state index contributed by atoms with van der Waals surface area (Å²) in [5, 5.41) is 2.41. The van der Waals surface area contributed by atoms with E-state index >= 15 is 0 Å². The van der Waals surface area contributed by atoms with Crippen LogP contribution in [0.25, 0.3) is 0 Å². The zero-order valence-corrected chi connectivity index (χ0v) is 22.4. The summed E-state index contributed by atoms with van der Waals surface area (Å²) in [6.07, 6.45) is 0.139. The number of esters is 2. The molecule has 0 spiro atoms. The van der Waals surface area contributed by atoms with E-state index in [1.165, 1.54) is 45.4 Å². The molecule has 218 valence electrons. The largest absolute Gasteiger partial charge is 0.493 e. The second kappa shape index (κ2) is 13.6. The zero-order chi connectivity index (χ0) is 30.3. The molecule has 1 heterocycles. The number of carbonyl (C=O) groups is 3. The maximum Gasteiger partial charge on any atom is 0.328 e. The van der Waals surface area contributed by atoms with Crippen LogP contribution in [0.1, 0.15) is 48.3 Å². The van der Waals surface area contributed by atoms with Gasteiger partial charge in [0.15, 0.2) is 40.5 Å². The Balaban J connectivity index is 1.80. The van der Waals surface area contributed by atoms with Gasteiger partial charge >= 0.3 is 11.9 Å². The number of hydrogen-bond donors (Lipinski definition) is 1. The molecule has 0 aliphatic carbocycles. The lowest BCUT2D eigenvalue weighted by molar-refractivity contribution is -0.151. The van der Waals surface area contributed by atoms with Crippen LogP contribution in [0.5, 0.6) is 11.5 Å². The van der Waals surface area contributed by atoms with Gasteiger partial charge in [-0.3, -0.25) is 9.59 Å². The second-order valence-corrected chi connectivity index (χ2v) is 8.75. The number of carbonyl (C=O) groups excluding carboxylic acids is 3. The monoisotopic (exact) mass is 578 g/mol. The van der Waals surface area contributed by atoms with E-state index in [4.69, 9.17) is 18.9 Å². The topological polar surface area (TPSA) is 113 Å². The molecule has 0 radical (unpaired) electrons. The third-order valence-electron chi connectivity index (χ3n) is 5.85. The molecular weight excluding hydrogens is 552 g/mol. The highest BCUT2D eigenvalue weighted by Gasteiger charge is 2.30. The Kier molecular flexibility index (Phi) is 10.2. The van der Waals surface area contributed by atoms with Crippen molar-refractivity contribution in [2.24, 2.45) is 0 Å². The van der Waals surface area contributed by atoms with Gasteiger partial charge in [-0.1, -0.05) is 12.1 Å². The van der Waals surface area contributed by atoms with Crippen molar-refractivity contribution in [1.29, 1.82) is 0 Å². The molecule has 0 unspecified atom stereocenters. The number of halogens is 4. The van der Waals surface area contributed by atoms with Gasteiger partial charge in [0.1, 0.15) is 12.1 Å². The van der Waals surface area contributed by atoms with Crippen molar-refractivity contribution in [3.63, 3.8) is 0 Å². The van der Waals surface area contributed by atoms with Crippen molar-refractivity contribution in [3.05, 3.63) is 88.8 Å². The van der Waals surface area contributed by atoms with Crippen molar-refractivity contribution in [3.8, 4) is 11.5 Å². The van der Waals surface area contributed by atoms with Gasteiger partial charge in [-0.25, -0.2) is 27.3 Å². The molecule has 13 heteroatoms. The standard InChI is InChI=1S/C28H26F4N2O7/c1-14(34-27(36)25-26(40-13-39-16(3)35)23(38-4)9-10-33-25)28(37)41-15(2)24(17-5-7-19(29)21(31)11-17)18-6-8-20(30)22(32)12-18/h5-12,14-15,24H,13H2,1-4H3,(H,34,36)/t14-,15-/m0/s1. The molecule has 3 rings (SSSR count). The van der Waals surface area contributed by atoms with Crippen molar-refractivity contribution in [1.82, 2.24) is 10.3 Å². The quantitative estimate of drug-likeness (QED) is 0.202. The number of nitrogens with zero attached hydrogens (tertiary/aromatic N) is 1. The second-order valence-electron chi connectivity index (χ2n) is 8.75. The summed E-state index contributed by atoms with van der Waals surface area (Å²) in [5.74, 6) is -8.15. The highest BCUT2D eigenvalue weighted by atomic mass is 19.2. The maximum absolute atomic E-state index is 14.0. The summed E-state index contributed by atoms with van der Waals surface area (Å²) in [6.45, 7) is 3.36. The summed E-state index contributed by atoms with van der Waals surface area (Å²) in [4.78, 5) is 40.9. The zero-order valence-electron chi connectivity index (χ0n) is 22.4. The molecule has 2 aromatic carbocycles. The molecule has 1 N–H and O–H groups in total. The predicted molar refractivity (Wildman–Crippen MR) is 135 cm³/mol. The molecule has 9 nitrogen and oxygen atoms in total. The number of pyridine rings is 1. The number of nitrogens with one attached hydrogen (secondary N) is 1. The number of aromatic nitrogens is 1. The maximum atomic E-state index is 14.0. The fourth-order valence-electron chi connectivity index (χ4n) is 3.89. The predicted octanol–water partition coefficient (Wildman–Crippen LogP) is 4.43. The molecule has 0 saturated carbocycles. The van der Waals surface area contributed by atoms with E-state index in [2.05, 4.69) is 10.3 Å². The Hall–Kier alpha value is -4.68. The first kappa shape index (κ1) is 30.9. The number of benzene rings is 2. The number of rotatable bonds is 11. The third kappa shape index (κ3) is 7.71. The van der Waals surface area contributed by atoms with Gasteiger partial charge in [0.2, 0.25) is 6.79 Å². The number of ether oxygens (including phenoxy) is 4. The smallest absolute Gasteiger partial charge is 0.328 e. The summed E-state index contributed by atoms with van der Waals surface area (Å²) >= 11 is 0. The fourth-order valence-corrected chi connectivity index (χ4v) is 3.89. The highest BCUT2D eigenvalue weighted by molar-refractivity contribution is 5.98. The molecular formula is C28H26F4N2O7. The average Bonchev–Trinajstić information content (AvgIpc) is 2.92. The van der Waals surface area contributed by atoms with Gasteiger partial charge in [-0.2, -0.15) is 0 Å². The normalized spacial score (nSPS) is 12.3. The van der Waals surface area contributed by atoms with Crippen molar-refractivity contribution >= 4 is 17.8 Å². The van der Waals surface area contributed by atoms with Crippen LogP contribution in [0.3, 0.4) is 0 Å². The van der Waals surface area contributed by atoms with E-state index in [1.807, 2.05) is 0 Å². The van der Waals surface area contributed by atoms with Crippen molar-refractivity contribution in [2.45, 2.75) is 38.8 Å². The molecule has 0 fully saturated rings. The lowest BCUT2D eigenvalue weighted by Crippen LogP contribution is -2.41. The molecule has 41 heavy (non-hydrogen) atoms. The lowest BCUT2D eigenvalue weighted by Gasteiger charge is -2.26. The molecule has 0 saturated heterocycles. The van der Waals surface area contributed by atoms with Crippen molar-refractivity contribution < 1.29 is 50.9 Å². The Morgan fingerprint density at radius 3 is 2.00 bits per heavy atom. The van der Waals surface area contributed by atoms with E-state index < -0.39 is 66.0 Å². The first-order valence-electron chi connectivity index (χ1n) is 12.1. The van der Waals surface area contributed by atoms with Gasteiger partial charge < -0.3 is 24.3 Å². The summed E-state index contributed by atoms with van der Waals surface area (Å²) in [6, 6.07) is 6.03. The summed E-state index contributed by atoms with van der Waals surface area (Å²) in [5.41, 5.74) is -0.0326. The lowest BCUT2D eigenvalue weighted by atomic mass is 9.87. The van der Waals surface area contributed by atoms with Crippen LogP contribution < -0.4 is 14.8 Å². The van der Waals surface area contributed by atoms with E-state index in [9.17, 15) is 31.9 Å². The minimum absolute atomic E-state index is 0.0991. The number of amides is 1. The Morgan fingerprint density at radius 1 is 0.902 bits per heavy atom. The Morgan fingerprint density at radius 2 is 1.49 bits per heavy atom. The third-order valence-corrected chi connectivity index (χ3v) is 5.85. The Labute approximate surface area is 232 Å². The summed E-state index contributed by atoms with van der Waals surface area (Å²) < 4.78 is 76.0. The SMILES string of the molecule is COc1ccnc(C(=O)N[C@@H](C)C(=O)O[C@@H](C)C(c2ccc(F)c(F)c2)c2ccc(F)c(F)c2)c1OCOC(C)=O. The van der Waals surface area contributed by atoms with Crippen LogP contribution in [0.15, 0.2) is 48.7 Å². The minimum atomic E-state index is -1.27.